The SMILES string of the molecule is O=Cc1nc2ccccc2n1CCCOc1ccccc1Cl. The molecule has 2 aromatic carbocycles. The molecule has 0 amide bonds. The largest absolute Gasteiger partial charge is 0.492 e. The van der Waals surface area contributed by atoms with Crippen molar-refractivity contribution in [2.75, 3.05) is 6.61 Å². The van der Waals surface area contributed by atoms with Gasteiger partial charge in [0.05, 0.1) is 22.7 Å². The minimum absolute atomic E-state index is 0.443. The predicted molar refractivity (Wildman–Crippen MR) is 86.7 cm³/mol. The molecule has 0 spiro atoms. The van der Waals surface area contributed by atoms with E-state index in [4.69, 9.17) is 16.3 Å². The van der Waals surface area contributed by atoms with Crippen molar-refractivity contribution in [3.05, 3.63) is 59.4 Å². The molecule has 0 saturated carbocycles. The van der Waals surface area contributed by atoms with E-state index in [2.05, 4.69) is 4.98 Å². The number of halogens is 1. The summed E-state index contributed by atoms with van der Waals surface area (Å²) in [6.07, 6.45) is 1.54. The fourth-order valence-corrected chi connectivity index (χ4v) is 2.58. The van der Waals surface area contributed by atoms with Gasteiger partial charge in [-0.2, -0.15) is 0 Å². The number of rotatable bonds is 6. The van der Waals surface area contributed by atoms with Gasteiger partial charge in [-0.3, -0.25) is 4.79 Å². The van der Waals surface area contributed by atoms with Crippen molar-refractivity contribution in [1.82, 2.24) is 9.55 Å². The molecule has 5 heteroatoms. The molecule has 0 aliphatic heterocycles. The lowest BCUT2D eigenvalue weighted by Crippen LogP contribution is -2.07. The smallest absolute Gasteiger partial charge is 0.185 e. The molecule has 0 radical (unpaired) electrons. The zero-order chi connectivity index (χ0) is 15.4. The molecule has 0 aliphatic rings. The summed E-state index contributed by atoms with van der Waals surface area (Å²) in [4.78, 5) is 15.5. The first kappa shape index (κ1) is 14.6. The maximum absolute atomic E-state index is 11.2. The Morgan fingerprint density at radius 2 is 1.91 bits per heavy atom. The maximum atomic E-state index is 11.2. The number of nitrogens with zero attached hydrogens (tertiary/aromatic N) is 2. The Morgan fingerprint density at radius 3 is 2.73 bits per heavy atom. The Hall–Kier alpha value is -2.33. The summed E-state index contributed by atoms with van der Waals surface area (Å²) in [6.45, 7) is 1.19. The highest BCUT2D eigenvalue weighted by Gasteiger charge is 2.09. The van der Waals surface area contributed by atoms with Crippen molar-refractivity contribution in [2.24, 2.45) is 0 Å². The molecule has 0 saturated heterocycles. The second-order valence-electron chi connectivity index (χ2n) is 4.86. The number of fused-ring (bicyclic) bond motifs is 1. The Morgan fingerprint density at radius 1 is 1.14 bits per heavy atom. The third kappa shape index (κ3) is 2.97. The second-order valence-corrected chi connectivity index (χ2v) is 5.27. The summed E-state index contributed by atoms with van der Waals surface area (Å²) >= 11 is 6.04. The Balaban J connectivity index is 1.67. The summed E-state index contributed by atoms with van der Waals surface area (Å²) in [5, 5.41) is 0.601. The van der Waals surface area contributed by atoms with Crippen molar-refractivity contribution in [3.63, 3.8) is 0 Å². The van der Waals surface area contributed by atoms with Gasteiger partial charge >= 0.3 is 0 Å². The van der Waals surface area contributed by atoms with Gasteiger partial charge in [0.25, 0.3) is 0 Å². The van der Waals surface area contributed by atoms with E-state index in [1.54, 1.807) is 6.07 Å². The topological polar surface area (TPSA) is 44.1 Å². The number of ether oxygens (including phenoxy) is 1. The van der Waals surface area contributed by atoms with Gasteiger partial charge in [0.1, 0.15) is 5.75 Å². The van der Waals surface area contributed by atoms with E-state index in [9.17, 15) is 4.79 Å². The predicted octanol–water partition coefficient (Wildman–Crippen LogP) is 3.97. The summed E-state index contributed by atoms with van der Waals surface area (Å²) in [6, 6.07) is 15.1. The van der Waals surface area contributed by atoms with Crippen LogP contribution in [0, 0.1) is 0 Å². The van der Waals surface area contributed by atoms with Crippen LogP contribution >= 0.6 is 11.6 Å². The van der Waals surface area contributed by atoms with Gasteiger partial charge < -0.3 is 9.30 Å². The van der Waals surface area contributed by atoms with Gasteiger partial charge in [-0.25, -0.2) is 4.98 Å². The molecule has 22 heavy (non-hydrogen) atoms. The fraction of sp³-hybridized carbons (Fsp3) is 0.176. The van der Waals surface area contributed by atoms with Gasteiger partial charge in [0, 0.05) is 6.54 Å². The molecule has 0 bridgehead atoms. The first-order chi connectivity index (χ1) is 10.8. The normalized spacial score (nSPS) is 10.8. The number of imidazole rings is 1. The van der Waals surface area contributed by atoms with Crippen molar-refractivity contribution < 1.29 is 9.53 Å². The third-order valence-electron chi connectivity index (χ3n) is 3.41. The summed E-state index contributed by atoms with van der Waals surface area (Å²) in [5.74, 6) is 1.12. The van der Waals surface area contributed by atoms with Crippen LogP contribution in [-0.4, -0.2) is 22.4 Å². The fourth-order valence-electron chi connectivity index (χ4n) is 2.39. The molecule has 3 aromatic rings. The molecule has 0 unspecified atom stereocenters. The zero-order valence-corrected chi connectivity index (χ0v) is 12.7. The highest BCUT2D eigenvalue weighted by molar-refractivity contribution is 6.32. The first-order valence-electron chi connectivity index (χ1n) is 7.07. The number of aromatic nitrogens is 2. The minimum Gasteiger partial charge on any atom is -0.492 e. The average molecular weight is 315 g/mol. The van der Waals surface area contributed by atoms with Gasteiger partial charge in [-0.1, -0.05) is 35.9 Å². The number of benzene rings is 2. The van der Waals surface area contributed by atoms with Crippen molar-refractivity contribution in [1.29, 1.82) is 0 Å². The standard InChI is InChI=1S/C17H15ClN2O2/c18-13-6-1-4-9-16(13)22-11-5-10-20-15-8-3-2-7-14(15)19-17(20)12-21/h1-4,6-9,12H,5,10-11H2. The molecule has 0 atom stereocenters. The van der Waals surface area contributed by atoms with E-state index in [0.717, 1.165) is 23.7 Å². The van der Waals surface area contributed by atoms with E-state index in [1.807, 2.05) is 47.0 Å². The van der Waals surface area contributed by atoms with Crippen LogP contribution in [0.4, 0.5) is 0 Å². The van der Waals surface area contributed by atoms with Crippen LogP contribution in [-0.2, 0) is 6.54 Å². The molecule has 112 valence electrons. The number of hydrogen-bond donors (Lipinski definition) is 0. The monoisotopic (exact) mass is 314 g/mol. The number of carbonyl (C=O) groups excluding carboxylic acids is 1. The molecular formula is C17H15ClN2O2. The third-order valence-corrected chi connectivity index (χ3v) is 3.72. The van der Waals surface area contributed by atoms with E-state index in [-0.39, 0.29) is 0 Å². The molecule has 0 aliphatic carbocycles. The lowest BCUT2D eigenvalue weighted by molar-refractivity contribution is 0.111. The number of para-hydroxylation sites is 3. The number of aldehydes is 1. The molecular weight excluding hydrogens is 300 g/mol. The minimum atomic E-state index is 0.443. The van der Waals surface area contributed by atoms with E-state index >= 15 is 0 Å². The summed E-state index contributed by atoms with van der Waals surface area (Å²) in [5.41, 5.74) is 1.79. The number of aryl methyl sites for hydroxylation is 1. The molecule has 0 fully saturated rings. The molecule has 1 heterocycles. The zero-order valence-electron chi connectivity index (χ0n) is 11.9. The van der Waals surface area contributed by atoms with E-state index in [1.165, 1.54) is 0 Å². The van der Waals surface area contributed by atoms with Crippen LogP contribution in [0.15, 0.2) is 48.5 Å². The van der Waals surface area contributed by atoms with Gasteiger partial charge in [-0.15, -0.1) is 0 Å². The van der Waals surface area contributed by atoms with Gasteiger partial charge in [0.2, 0.25) is 0 Å². The lowest BCUT2D eigenvalue weighted by Gasteiger charge is -2.09. The molecule has 0 N–H and O–H groups in total. The number of carbonyl (C=O) groups is 1. The lowest BCUT2D eigenvalue weighted by atomic mass is 10.3. The molecule has 4 nitrogen and oxygen atoms in total. The van der Waals surface area contributed by atoms with E-state index < -0.39 is 0 Å². The first-order valence-corrected chi connectivity index (χ1v) is 7.45. The van der Waals surface area contributed by atoms with E-state index in [0.29, 0.717) is 29.7 Å². The quantitative estimate of drug-likeness (QED) is 0.511. The van der Waals surface area contributed by atoms with Crippen LogP contribution in [0.1, 0.15) is 17.0 Å². The Bertz CT molecular complexity index is 798. The van der Waals surface area contributed by atoms with Crippen LogP contribution < -0.4 is 4.74 Å². The highest BCUT2D eigenvalue weighted by atomic mass is 35.5. The van der Waals surface area contributed by atoms with Crippen LogP contribution in [0.25, 0.3) is 11.0 Å². The highest BCUT2D eigenvalue weighted by Crippen LogP contribution is 2.23. The van der Waals surface area contributed by atoms with Crippen LogP contribution in [0.5, 0.6) is 5.75 Å². The molecule has 1 aromatic heterocycles. The second kappa shape index (κ2) is 6.62. The Labute approximate surface area is 133 Å². The number of hydrogen-bond acceptors (Lipinski definition) is 3. The van der Waals surface area contributed by atoms with Crippen LogP contribution in [0.2, 0.25) is 5.02 Å². The van der Waals surface area contributed by atoms with Crippen LogP contribution in [0.3, 0.4) is 0 Å². The average Bonchev–Trinajstić information content (AvgIpc) is 2.91. The maximum Gasteiger partial charge on any atom is 0.185 e. The van der Waals surface area contributed by atoms with Gasteiger partial charge in [0.15, 0.2) is 12.1 Å². The van der Waals surface area contributed by atoms with Crippen molar-refractivity contribution in [2.45, 2.75) is 13.0 Å². The summed E-state index contributed by atoms with van der Waals surface area (Å²) in [7, 11) is 0. The van der Waals surface area contributed by atoms with Crippen molar-refractivity contribution >= 4 is 28.9 Å². The molecule has 3 rings (SSSR count). The van der Waals surface area contributed by atoms with Gasteiger partial charge in [-0.05, 0) is 30.7 Å². The summed E-state index contributed by atoms with van der Waals surface area (Å²) < 4.78 is 7.58. The van der Waals surface area contributed by atoms with Crippen molar-refractivity contribution in [3.8, 4) is 5.75 Å². The Kier molecular flexibility index (Phi) is 4.39.